The number of hydrogen-bond acceptors (Lipinski definition) is 0. The maximum absolute atomic E-state index is 7.50. The van der Waals surface area contributed by atoms with Gasteiger partial charge >= 0.3 is 56.5 Å². The summed E-state index contributed by atoms with van der Waals surface area (Å²) in [5.74, 6) is 0.846. The predicted octanol–water partition coefficient (Wildman–Crippen LogP) is 3.56. The summed E-state index contributed by atoms with van der Waals surface area (Å²) in [7, 11) is 0.224. The Balaban J connectivity index is -0.0000000440. The zero-order valence-electron chi connectivity index (χ0n) is 11.6. The third-order valence-corrected chi connectivity index (χ3v) is 5.29. The first-order valence-corrected chi connectivity index (χ1v) is 6.98. The molecule has 0 fully saturated rings. The third kappa shape index (κ3) is 22.3. The van der Waals surface area contributed by atoms with Gasteiger partial charge in [-0.1, -0.05) is 21.8 Å². The van der Waals surface area contributed by atoms with Crippen molar-refractivity contribution in [3.05, 3.63) is 43.9 Å². The molecule has 114 valence electrons. The first-order valence-electron chi connectivity index (χ1n) is 4.92. The van der Waals surface area contributed by atoms with Gasteiger partial charge in [-0.15, -0.1) is 11.6 Å². The fourth-order valence-corrected chi connectivity index (χ4v) is 4.50. The minimum absolute atomic E-state index is 0. The smallest absolute Gasteiger partial charge is 0 e. The van der Waals surface area contributed by atoms with Crippen molar-refractivity contribution in [2.24, 2.45) is 0 Å². The van der Waals surface area contributed by atoms with Crippen LogP contribution in [0.5, 0.6) is 0 Å². The molecule has 0 atom stereocenters. The SMILES string of the molecule is CCC1=C(CC)P1CCCl.[C-]#[O+].[C-]#[O+].[C-]#[O+].[C-]#[O+].[C-]#[O+].[W]. The van der Waals surface area contributed by atoms with Crippen molar-refractivity contribution in [2.45, 2.75) is 26.7 Å². The molecule has 1 aliphatic rings. The minimum atomic E-state index is 0. The second-order valence-electron chi connectivity index (χ2n) is 2.44. The molecule has 0 saturated heterocycles. The van der Waals surface area contributed by atoms with Gasteiger partial charge in [-0.3, -0.25) is 0 Å². The molecule has 0 aromatic rings. The molecule has 1 rings (SSSR count). The van der Waals surface area contributed by atoms with Crippen LogP contribution in [0.4, 0.5) is 0 Å². The van der Waals surface area contributed by atoms with Crippen LogP contribution in [0.1, 0.15) is 26.7 Å². The van der Waals surface area contributed by atoms with Crippen LogP contribution < -0.4 is 0 Å². The average molecular weight is 501 g/mol. The van der Waals surface area contributed by atoms with Crippen LogP contribution in [0.2, 0.25) is 0 Å². The van der Waals surface area contributed by atoms with E-state index in [2.05, 4.69) is 47.1 Å². The summed E-state index contributed by atoms with van der Waals surface area (Å²) in [5.41, 5.74) is 0. The molecular formula is C13H14ClO5PW. The Kier molecular flexibility index (Phi) is 75.8. The monoisotopic (exact) mass is 500 g/mol. The fourth-order valence-electron chi connectivity index (χ4n) is 1.43. The summed E-state index contributed by atoms with van der Waals surface area (Å²) >= 11 is 5.67. The van der Waals surface area contributed by atoms with Crippen molar-refractivity contribution >= 4 is 19.5 Å². The Labute approximate surface area is 146 Å². The molecule has 0 spiro atoms. The van der Waals surface area contributed by atoms with Crippen LogP contribution in [0.25, 0.3) is 0 Å². The Hall–Kier alpha value is -0.152. The summed E-state index contributed by atoms with van der Waals surface area (Å²) in [5, 5.41) is 3.50. The largest absolute Gasteiger partial charge is 0 e. The fraction of sp³-hybridized carbons (Fsp3) is 0.462. The maximum atomic E-state index is 7.50. The summed E-state index contributed by atoms with van der Waals surface area (Å²) in [6.45, 7) is 27.0. The van der Waals surface area contributed by atoms with Crippen LogP contribution in [-0.2, 0) is 44.3 Å². The molecule has 8 heteroatoms. The second-order valence-corrected chi connectivity index (χ2v) is 5.20. The van der Waals surface area contributed by atoms with Crippen molar-refractivity contribution in [2.75, 3.05) is 12.0 Å². The average Bonchev–Trinajstić information content (AvgIpc) is 3.29. The number of allylic oxidation sites excluding steroid dienone is 2. The van der Waals surface area contributed by atoms with E-state index in [4.69, 9.17) is 34.9 Å². The van der Waals surface area contributed by atoms with E-state index < -0.39 is 0 Å². The molecule has 0 aromatic carbocycles. The molecule has 21 heavy (non-hydrogen) atoms. The van der Waals surface area contributed by atoms with Crippen molar-refractivity contribution in [3.8, 4) is 0 Å². The van der Waals surface area contributed by atoms with E-state index in [0.717, 1.165) is 5.88 Å². The summed E-state index contributed by atoms with van der Waals surface area (Å²) < 4.78 is 37.5. The van der Waals surface area contributed by atoms with Gasteiger partial charge in [0, 0.05) is 26.9 Å². The van der Waals surface area contributed by atoms with Gasteiger partial charge in [-0.2, -0.15) is 0 Å². The number of alkyl halides is 1. The van der Waals surface area contributed by atoms with Crippen LogP contribution in [0, 0.1) is 33.3 Å². The molecule has 0 radical (unpaired) electrons. The van der Waals surface area contributed by atoms with E-state index in [1.807, 2.05) is 0 Å². The molecule has 0 saturated carbocycles. The molecule has 1 heterocycles. The van der Waals surface area contributed by atoms with E-state index in [-0.39, 0.29) is 29.0 Å². The van der Waals surface area contributed by atoms with Crippen molar-refractivity contribution < 1.29 is 44.3 Å². The maximum Gasteiger partial charge on any atom is 0 e. The Morgan fingerprint density at radius 1 is 0.762 bits per heavy atom. The first-order chi connectivity index (χ1) is 9.85. The van der Waals surface area contributed by atoms with Crippen molar-refractivity contribution in [1.82, 2.24) is 0 Å². The zero-order valence-corrected chi connectivity index (χ0v) is 16.2. The van der Waals surface area contributed by atoms with Crippen LogP contribution in [0.15, 0.2) is 10.6 Å². The van der Waals surface area contributed by atoms with E-state index in [9.17, 15) is 0 Å². The molecule has 5 nitrogen and oxygen atoms in total. The molecule has 0 aliphatic carbocycles. The van der Waals surface area contributed by atoms with Gasteiger partial charge in [-0.25, -0.2) is 0 Å². The molecule has 0 bridgehead atoms. The Bertz CT molecular complexity index is 285. The van der Waals surface area contributed by atoms with Gasteiger partial charge in [0.05, 0.1) is 0 Å². The first kappa shape index (κ1) is 37.3. The van der Waals surface area contributed by atoms with Gasteiger partial charge in [0.2, 0.25) is 0 Å². The van der Waals surface area contributed by atoms with Crippen LogP contribution in [-0.4, -0.2) is 12.0 Å². The van der Waals surface area contributed by atoms with Gasteiger partial charge in [0.15, 0.2) is 0 Å². The second kappa shape index (κ2) is 42.7. The predicted molar refractivity (Wildman–Crippen MR) is 69.8 cm³/mol. The molecule has 1 aliphatic heterocycles. The number of rotatable bonds is 4. The van der Waals surface area contributed by atoms with E-state index in [0.29, 0.717) is 0 Å². The van der Waals surface area contributed by atoms with E-state index in [1.54, 1.807) is 10.6 Å². The van der Waals surface area contributed by atoms with Crippen LogP contribution >= 0.6 is 19.5 Å². The van der Waals surface area contributed by atoms with Crippen molar-refractivity contribution in [3.63, 3.8) is 0 Å². The van der Waals surface area contributed by atoms with Gasteiger partial charge < -0.3 is 0 Å². The van der Waals surface area contributed by atoms with Gasteiger partial charge in [0.25, 0.3) is 0 Å². The quantitative estimate of drug-likeness (QED) is 0.244. The molecule has 0 unspecified atom stereocenters. The zero-order chi connectivity index (χ0) is 17.6. The summed E-state index contributed by atoms with van der Waals surface area (Å²) in [6.07, 6.45) is 3.78. The molecular weight excluding hydrogens is 486 g/mol. The Morgan fingerprint density at radius 3 is 1.14 bits per heavy atom. The van der Waals surface area contributed by atoms with Crippen LogP contribution in [0.3, 0.4) is 0 Å². The van der Waals surface area contributed by atoms with Crippen molar-refractivity contribution in [1.29, 1.82) is 0 Å². The van der Waals surface area contributed by atoms with E-state index in [1.165, 1.54) is 19.0 Å². The molecule has 0 N–H and O–H groups in total. The third-order valence-electron chi connectivity index (χ3n) is 1.91. The minimum Gasteiger partial charge on any atom is 0 e. The standard InChI is InChI=1S/C8H14ClP.5CO.W/c1-3-7-8(4-2)10(7)6-5-9;5*1-2;/h3-6H2,1-2H3;;;;;;. The summed E-state index contributed by atoms with van der Waals surface area (Å²) in [4.78, 5) is 0. The van der Waals surface area contributed by atoms with Gasteiger partial charge in [-0.05, 0) is 29.6 Å². The Morgan fingerprint density at radius 2 is 1.00 bits per heavy atom. The van der Waals surface area contributed by atoms with Gasteiger partial charge in [0.1, 0.15) is 0 Å². The molecule has 0 amide bonds. The number of hydrogen-bond donors (Lipinski definition) is 0. The molecule has 0 aromatic heterocycles. The number of halogens is 1. The summed E-state index contributed by atoms with van der Waals surface area (Å²) in [6, 6.07) is 0. The van der Waals surface area contributed by atoms with E-state index >= 15 is 0 Å². The normalized spacial score (nSPS) is 9.19. The topological polar surface area (TPSA) is 99.5 Å².